The lowest BCUT2D eigenvalue weighted by molar-refractivity contribution is -0.136. The fourth-order valence-corrected chi connectivity index (χ4v) is 1.67. The van der Waals surface area contributed by atoms with Crippen LogP contribution in [0.15, 0.2) is 24.3 Å². The van der Waals surface area contributed by atoms with Gasteiger partial charge in [0.15, 0.2) is 0 Å². The fraction of sp³-hybridized carbons (Fsp3) is 0.429. The number of likely N-dealkylation sites (N-methyl/N-ethyl adjacent to an activating group) is 1. The molecule has 3 N–H and O–H groups in total. The highest BCUT2D eigenvalue weighted by Gasteiger charge is 2.18. The molecule has 21 heavy (non-hydrogen) atoms. The van der Waals surface area contributed by atoms with Gasteiger partial charge in [-0.3, -0.25) is 9.59 Å². The minimum atomic E-state index is -0.625. The first-order valence-electron chi connectivity index (χ1n) is 6.49. The summed E-state index contributed by atoms with van der Waals surface area (Å²) in [6, 6.07) is 5.24. The molecule has 0 aliphatic rings. The van der Waals surface area contributed by atoms with E-state index in [0.29, 0.717) is 13.1 Å². The number of halogens is 2. The molecule has 118 valence electrons. The summed E-state index contributed by atoms with van der Waals surface area (Å²) in [6.07, 6.45) is 0. The minimum absolute atomic E-state index is 0. The number of carbonyl (C=O) groups excluding carboxylic acids is 2. The van der Waals surface area contributed by atoms with E-state index >= 15 is 0 Å². The molecule has 2 amide bonds. The highest BCUT2D eigenvalue weighted by Crippen LogP contribution is 2.02. The second-order valence-corrected chi connectivity index (χ2v) is 4.54. The molecule has 0 fully saturated rings. The van der Waals surface area contributed by atoms with Gasteiger partial charge in [0.2, 0.25) is 11.8 Å². The number of hydrogen-bond donors (Lipinski definition) is 2. The first-order chi connectivity index (χ1) is 9.43. The summed E-state index contributed by atoms with van der Waals surface area (Å²) in [6.45, 7) is 4.06. The third kappa shape index (κ3) is 6.55. The second-order valence-electron chi connectivity index (χ2n) is 4.54. The number of rotatable bonds is 6. The summed E-state index contributed by atoms with van der Waals surface area (Å²) in [7, 11) is 0. The Kier molecular flexibility index (Phi) is 8.57. The van der Waals surface area contributed by atoms with E-state index in [0.717, 1.165) is 5.56 Å². The van der Waals surface area contributed by atoms with Crippen LogP contribution in [0.3, 0.4) is 0 Å². The van der Waals surface area contributed by atoms with Crippen molar-refractivity contribution >= 4 is 24.2 Å². The van der Waals surface area contributed by atoms with Crippen LogP contribution in [0.1, 0.15) is 19.4 Å². The summed E-state index contributed by atoms with van der Waals surface area (Å²) in [4.78, 5) is 24.9. The lowest BCUT2D eigenvalue weighted by Crippen LogP contribution is -2.46. The van der Waals surface area contributed by atoms with Crippen molar-refractivity contribution in [1.82, 2.24) is 10.2 Å². The van der Waals surface area contributed by atoms with E-state index < -0.39 is 6.04 Å². The van der Waals surface area contributed by atoms with Gasteiger partial charge in [-0.1, -0.05) is 12.1 Å². The molecule has 1 aromatic rings. The van der Waals surface area contributed by atoms with Crippen LogP contribution in [0, 0.1) is 5.82 Å². The van der Waals surface area contributed by atoms with Crippen molar-refractivity contribution in [3.8, 4) is 0 Å². The van der Waals surface area contributed by atoms with Gasteiger partial charge in [-0.15, -0.1) is 12.4 Å². The summed E-state index contributed by atoms with van der Waals surface area (Å²) in [5, 5.41) is 2.68. The monoisotopic (exact) mass is 317 g/mol. The third-order valence-corrected chi connectivity index (χ3v) is 2.82. The molecule has 0 saturated carbocycles. The van der Waals surface area contributed by atoms with Crippen molar-refractivity contribution in [3.63, 3.8) is 0 Å². The summed E-state index contributed by atoms with van der Waals surface area (Å²) in [5.74, 6) is -0.852. The van der Waals surface area contributed by atoms with Gasteiger partial charge in [0, 0.05) is 13.1 Å². The number of carbonyl (C=O) groups is 2. The van der Waals surface area contributed by atoms with E-state index in [9.17, 15) is 14.0 Å². The Labute approximate surface area is 130 Å². The number of nitrogens with two attached hydrogens (primary N) is 1. The van der Waals surface area contributed by atoms with Crippen molar-refractivity contribution in [2.75, 3.05) is 13.1 Å². The maximum absolute atomic E-state index is 12.7. The minimum Gasteiger partial charge on any atom is -0.350 e. The molecule has 1 atom stereocenters. The molecule has 0 unspecified atom stereocenters. The third-order valence-electron chi connectivity index (χ3n) is 2.82. The highest BCUT2D eigenvalue weighted by atomic mass is 35.5. The molecule has 5 nitrogen and oxygen atoms in total. The topological polar surface area (TPSA) is 75.4 Å². The molecule has 1 rings (SSSR count). The Bertz CT molecular complexity index is 466. The lowest BCUT2D eigenvalue weighted by Gasteiger charge is -2.22. The molecule has 0 bridgehead atoms. The molecule has 0 aliphatic heterocycles. The number of amides is 2. The van der Waals surface area contributed by atoms with Gasteiger partial charge in [0.25, 0.3) is 0 Å². The van der Waals surface area contributed by atoms with Crippen LogP contribution in [0.4, 0.5) is 4.39 Å². The van der Waals surface area contributed by atoms with Crippen LogP contribution < -0.4 is 11.1 Å². The van der Waals surface area contributed by atoms with Gasteiger partial charge >= 0.3 is 0 Å². The second kappa shape index (κ2) is 9.31. The van der Waals surface area contributed by atoms with E-state index in [1.165, 1.54) is 17.0 Å². The van der Waals surface area contributed by atoms with Crippen molar-refractivity contribution in [2.24, 2.45) is 5.73 Å². The van der Waals surface area contributed by atoms with Crippen molar-refractivity contribution in [3.05, 3.63) is 35.6 Å². The van der Waals surface area contributed by atoms with Gasteiger partial charge < -0.3 is 16.0 Å². The van der Waals surface area contributed by atoms with E-state index in [1.807, 2.05) is 0 Å². The lowest BCUT2D eigenvalue weighted by atomic mass is 10.2. The summed E-state index contributed by atoms with van der Waals surface area (Å²) in [5.41, 5.74) is 6.30. The van der Waals surface area contributed by atoms with Gasteiger partial charge in [-0.05, 0) is 31.5 Å². The fourth-order valence-electron chi connectivity index (χ4n) is 1.67. The number of hydrogen-bond acceptors (Lipinski definition) is 3. The maximum Gasteiger partial charge on any atom is 0.239 e. The predicted octanol–water partition coefficient (Wildman–Crippen LogP) is 1.06. The number of nitrogens with zero attached hydrogens (tertiary/aromatic N) is 1. The zero-order valence-electron chi connectivity index (χ0n) is 12.1. The molecular weight excluding hydrogens is 297 g/mol. The highest BCUT2D eigenvalue weighted by molar-refractivity contribution is 5.87. The standard InChI is InChI=1S/C14H20FN3O2.ClH/c1-3-18(14(20)10(2)16)9-13(19)17-8-11-4-6-12(15)7-5-11;/h4-7,10H,3,8-9,16H2,1-2H3,(H,17,19);1H/t10-;/m0./s1. The zero-order chi connectivity index (χ0) is 15.1. The SMILES string of the molecule is CCN(CC(=O)NCc1ccc(F)cc1)C(=O)[C@H](C)N.Cl. The van der Waals surface area contributed by atoms with Crippen LogP contribution in [-0.2, 0) is 16.1 Å². The van der Waals surface area contributed by atoms with Crippen LogP contribution in [0.25, 0.3) is 0 Å². The molecule has 1 aromatic carbocycles. The van der Waals surface area contributed by atoms with Crippen LogP contribution in [0.2, 0.25) is 0 Å². The molecule has 7 heteroatoms. The van der Waals surface area contributed by atoms with Crippen molar-refractivity contribution in [1.29, 1.82) is 0 Å². The van der Waals surface area contributed by atoms with E-state index in [2.05, 4.69) is 5.32 Å². The van der Waals surface area contributed by atoms with E-state index in [-0.39, 0.29) is 36.6 Å². The Hall–Kier alpha value is -1.66. The van der Waals surface area contributed by atoms with E-state index in [1.54, 1.807) is 26.0 Å². The Morgan fingerprint density at radius 2 is 1.90 bits per heavy atom. The molecule has 0 saturated heterocycles. The van der Waals surface area contributed by atoms with E-state index in [4.69, 9.17) is 5.73 Å². The number of nitrogens with one attached hydrogen (secondary N) is 1. The van der Waals surface area contributed by atoms with Crippen molar-refractivity contribution in [2.45, 2.75) is 26.4 Å². The smallest absolute Gasteiger partial charge is 0.239 e. The molecule has 0 aliphatic carbocycles. The predicted molar refractivity (Wildman–Crippen MR) is 81.4 cm³/mol. The molecule has 0 spiro atoms. The largest absolute Gasteiger partial charge is 0.350 e. The maximum atomic E-state index is 12.7. The average Bonchev–Trinajstić information content (AvgIpc) is 2.43. The molecule has 0 radical (unpaired) electrons. The van der Waals surface area contributed by atoms with Crippen LogP contribution in [0.5, 0.6) is 0 Å². The van der Waals surface area contributed by atoms with Crippen LogP contribution >= 0.6 is 12.4 Å². The van der Waals surface area contributed by atoms with Gasteiger partial charge in [0.1, 0.15) is 5.82 Å². The normalized spacial score (nSPS) is 11.2. The molecule has 0 aromatic heterocycles. The summed E-state index contributed by atoms with van der Waals surface area (Å²) < 4.78 is 12.7. The van der Waals surface area contributed by atoms with Crippen LogP contribution in [-0.4, -0.2) is 35.8 Å². The first kappa shape index (κ1) is 19.3. The molecule has 0 heterocycles. The van der Waals surface area contributed by atoms with Gasteiger partial charge in [-0.25, -0.2) is 4.39 Å². The zero-order valence-corrected chi connectivity index (χ0v) is 13.0. The Morgan fingerprint density at radius 1 is 1.33 bits per heavy atom. The quantitative estimate of drug-likeness (QED) is 0.824. The summed E-state index contributed by atoms with van der Waals surface area (Å²) >= 11 is 0. The van der Waals surface area contributed by atoms with Gasteiger partial charge in [-0.2, -0.15) is 0 Å². The number of benzene rings is 1. The first-order valence-corrected chi connectivity index (χ1v) is 6.49. The van der Waals surface area contributed by atoms with Gasteiger partial charge in [0.05, 0.1) is 12.6 Å². The average molecular weight is 318 g/mol. The molecular formula is C14H21ClFN3O2. The Morgan fingerprint density at radius 3 is 2.38 bits per heavy atom. The van der Waals surface area contributed by atoms with Crippen molar-refractivity contribution < 1.29 is 14.0 Å². The Balaban J connectivity index is 0.00000400.